The fourth-order valence-electron chi connectivity index (χ4n) is 1.82. The van der Waals surface area contributed by atoms with Crippen LogP contribution in [-0.4, -0.2) is 30.2 Å². The summed E-state index contributed by atoms with van der Waals surface area (Å²) in [6.07, 6.45) is 4.24. The molecule has 1 aliphatic rings. The first-order chi connectivity index (χ1) is 6.90. The second kappa shape index (κ2) is 4.57. The molecule has 0 aliphatic carbocycles. The molecule has 0 bridgehead atoms. The molecule has 2 N–H and O–H groups in total. The predicted molar refractivity (Wildman–Crippen MR) is 54.1 cm³/mol. The first kappa shape index (κ1) is 9.68. The Balaban J connectivity index is 2.00. The average molecular weight is 195 g/mol. The number of hydrogen-bond donors (Lipinski definition) is 2. The number of nitrogens with one attached hydrogen (secondary N) is 2. The predicted octanol–water partition coefficient (Wildman–Crippen LogP) is 1.02. The molecule has 1 unspecified atom stereocenters. The molecule has 0 saturated carbocycles. The molecule has 0 amide bonds. The minimum atomic E-state index is 0.467. The summed E-state index contributed by atoms with van der Waals surface area (Å²) >= 11 is 0. The third kappa shape index (κ3) is 2.13. The standard InChI is InChI=1S/C10H17N3O/c1-11-5-9-6-12-10(13-9)8-3-2-4-14-7-8/h6,8,11H,2-5,7H2,1H3,(H,12,13). The lowest BCUT2D eigenvalue weighted by Crippen LogP contribution is -2.16. The molecule has 0 spiro atoms. The Kier molecular flexibility index (Phi) is 3.16. The molecular weight excluding hydrogens is 178 g/mol. The van der Waals surface area contributed by atoms with Gasteiger partial charge in [-0.2, -0.15) is 0 Å². The van der Waals surface area contributed by atoms with Crippen molar-refractivity contribution in [3.05, 3.63) is 17.7 Å². The number of rotatable bonds is 3. The highest BCUT2D eigenvalue weighted by Crippen LogP contribution is 2.22. The van der Waals surface area contributed by atoms with Gasteiger partial charge in [0.15, 0.2) is 0 Å². The Bertz CT molecular complexity index is 279. The van der Waals surface area contributed by atoms with Crippen LogP contribution in [0.2, 0.25) is 0 Å². The number of imidazole rings is 1. The molecule has 2 rings (SSSR count). The molecule has 14 heavy (non-hydrogen) atoms. The topological polar surface area (TPSA) is 49.9 Å². The first-order valence-corrected chi connectivity index (χ1v) is 5.16. The maximum absolute atomic E-state index is 5.43. The Morgan fingerprint density at radius 1 is 1.71 bits per heavy atom. The normalized spacial score (nSPS) is 22.5. The van der Waals surface area contributed by atoms with Crippen molar-refractivity contribution in [2.75, 3.05) is 20.3 Å². The molecule has 1 saturated heterocycles. The van der Waals surface area contributed by atoms with E-state index in [1.54, 1.807) is 0 Å². The minimum absolute atomic E-state index is 0.467. The molecular formula is C10H17N3O. The molecule has 0 radical (unpaired) electrons. The maximum atomic E-state index is 5.43. The molecule has 2 heterocycles. The van der Waals surface area contributed by atoms with Crippen LogP contribution in [0.1, 0.15) is 30.3 Å². The quantitative estimate of drug-likeness (QED) is 0.757. The molecule has 4 nitrogen and oxygen atoms in total. The van der Waals surface area contributed by atoms with Gasteiger partial charge in [-0.3, -0.25) is 0 Å². The second-order valence-corrected chi connectivity index (χ2v) is 3.74. The summed E-state index contributed by atoms with van der Waals surface area (Å²) in [6, 6.07) is 0. The highest BCUT2D eigenvalue weighted by molar-refractivity contribution is 5.06. The molecule has 1 fully saturated rings. The van der Waals surface area contributed by atoms with Crippen molar-refractivity contribution < 1.29 is 4.74 Å². The molecule has 1 aromatic heterocycles. The molecule has 0 aromatic carbocycles. The third-order valence-corrected chi connectivity index (χ3v) is 2.56. The molecule has 4 heteroatoms. The van der Waals surface area contributed by atoms with E-state index < -0.39 is 0 Å². The lowest BCUT2D eigenvalue weighted by atomic mass is 10.0. The van der Waals surface area contributed by atoms with Crippen molar-refractivity contribution in [3.63, 3.8) is 0 Å². The van der Waals surface area contributed by atoms with Crippen LogP contribution in [0.4, 0.5) is 0 Å². The van der Waals surface area contributed by atoms with Gasteiger partial charge in [0.1, 0.15) is 5.82 Å². The number of nitrogens with zero attached hydrogens (tertiary/aromatic N) is 1. The van der Waals surface area contributed by atoms with Gasteiger partial charge in [-0.1, -0.05) is 0 Å². The van der Waals surface area contributed by atoms with Crippen molar-refractivity contribution in [3.8, 4) is 0 Å². The van der Waals surface area contributed by atoms with E-state index in [2.05, 4.69) is 15.3 Å². The summed E-state index contributed by atoms with van der Waals surface area (Å²) in [4.78, 5) is 7.71. The summed E-state index contributed by atoms with van der Waals surface area (Å²) in [7, 11) is 1.93. The van der Waals surface area contributed by atoms with Gasteiger partial charge in [-0.15, -0.1) is 0 Å². The zero-order chi connectivity index (χ0) is 9.80. The Hall–Kier alpha value is -0.870. The van der Waals surface area contributed by atoms with E-state index in [-0.39, 0.29) is 0 Å². The summed E-state index contributed by atoms with van der Waals surface area (Å²) in [5, 5.41) is 3.10. The van der Waals surface area contributed by atoms with Crippen molar-refractivity contribution in [2.24, 2.45) is 0 Å². The van der Waals surface area contributed by atoms with Crippen molar-refractivity contribution in [2.45, 2.75) is 25.3 Å². The van der Waals surface area contributed by atoms with Gasteiger partial charge < -0.3 is 15.0 Å². The SMILES string of the molecule is CNCc1cnc(C2CCCOC2)[nH]1. The minimum Gasteiger partial charge on any atom is -0.381 e. The molecule has 1 aromatic rings. The summed E-state index contributed by atoms with van der Waals surface area (Å²) in [5.74, 6) is 1.55. The highest BCUT2D eigenvalue weighted by Gasteiger charge is 2.18. The third-order valence-electron chi connectivity index (χ3n) is 2.56. The molecule has 1 atom stereocenters. The first-order valence-electron chi connectivity index (χ1n) is 5.16. The summed E-state index contributed by atoms with van der Waals surface area (Å²) < 4.78 is 5.43. The zero-order valence-electron chi connectivity index (χ0n) is 8.55. The lowest BCUT2D eigenvalue weighted by Gasteiger charge is -2.19. The Labute approximate surface area is 84.1 Å². The van der Waals surface area contributed by atoms with E-state index in [0.29, 0.717) is 5.92 Å². The number of ether oxygens (including phenoxy) is 1. The van der Waals surface area contributed by atoms with Crippen LogP contribution in [0.5, 0.6) is 0 Å². The highest BCUT2D eigenvalue weighted by atomic mass is 16.5. The number of hydrogen-bond acceptors (Lipinski definition) is 3. The Morgan fingerprint density at radius 2 is 2.64 bits per heavy atom. The monoisotopic (exact) mass is 195 g/mol. The zero-order valence-corrected chi connectivity index (χ0v) is 8.55. The number of aromatic nitrogens is 2. The van der Waals surface area contributed by atoms with Gasteiger partial charge in [-0.25, -0.2) is 4.98 Å². The van der Waals surface area contributed by atoms with Crippen molar-refractivity contribution >= 4 is 0 Å². The molecule has 78 valence electrons. The van der Waals surface area contributed by atoms with E-state index in [0.717, 1.165) is 37.7 Å². The number of H-pyrrole nitrogens is 1. The number of aromatic amines is 1. The van der Waals surface area contributed by atoms with Gasteiger partial charge in [0.25, 0.3) is 0 Å². The smallest absolute Gasteiger partial charge is 0.111 e. The van der Waals surface area contributed by atoms with Gasteiger partial charge in [0.2, 0.25) is 0 Å². The van der Waals surface area contributed by atoms with E-state index >= 15 is 0 Å². The summed E-state index contributed by atoms with van der Waals surface area (Å²) in [5.41, 5.74) is 1.15. The lowest BCUT2D eigenvalue weighted by molar-refractivity contribution is 0.0782. The van der Waals surface area contributed by atoms with Gasteiger partial charge in [0.05, 0.1) is 6.61 Å². The van der Waals surface area contributed by atoms with Crippen LogP contribution in [0.3, 0.4) is 0 Å². The fraction of sp³-hybridized carbons (Fsp3) is 0.700. The van der Waals surface area contributed by atoms with Gasteiger partial charge >= 0.3 is 0 Å². The van der Waals surface area contributed by atoms with E-state index in [1.165, 1.54) is 6.42 Å². The van der Waals surface area contributed by atoms with Crippen LogP contribution in [0, 0.1) is 0 Å². The van der Waals surface area contributed by atoms with Crippen molar-refractivity contribution in [1.82, 2.24) is 15.3 Å². The van der Waals surface area contributed by atoms with Crippen LogP contribution < -0.4 is 5.32 Å². The van der Waals surface area contributed by atoms with E-state index in [1.807, 2.05) is 13.2 Å². The van der Waals surface area contributed by atoms with E-state index in [9.17, 15) is 0 Å². The molecule has 1 aliphatic heterocycles. The van der Waals surface area contributed by atoms with Crippen LogP contribution >= 0.6 is 0 Å². The van der Waals surface area contributed by atoms with E-state index in [4.69, 9.17) is 4.74 Å². The largest absolute Gasteiger partial charge is 0.381 e. The second-order valence-electron chi connectivity index (χ2n) is 3.74. The van der Waals surface area contributed by atoms with Crippen molar-refractivity contribution in [1.29, 1.82) is 0 Å². The fourth-order valence-corrected chi connectivity index (χ4v) is 1.82. The van der Waals surface area contributed by atoms with Crippen LogP contribution in [-0.2, 0) is 11.3 Å². The van der Waals surface area contributed by atoms with Crippen LogP contribution in [0.25, 0.3) is 0 Å². The Morgan fingerprint density at radius 3 is 3.36 bits per heavy atom. The maximum Gasteiger partial charge on any atom is 0.111 e. The average Bonchev–Trinajstić information content (AvgIpc) is 2.68. The van der Waals surface area contributed by atoms with Gasteiger partial charge in [0, 0.05) is 31.0 Å². The van der Waals surface area contributed by atoms with Crippen LogP contribution in [0.15, 0.2) is 6.20 Å². The summed E-state index contributed by atoms with van der Waals surface area (Å²) in [6.45, 7) is 2.56. The van der Waals surface area contributed by atoms with Gasteiger partial charge in [-0.05, 0) is 19.9 Å².